The highest BCUT2D eigenvalue weighted by atomic mass is 35.7. The third-order valence-corrected chi connectivity index (χ3v) is 3.61. The lowest BCUT2D eigenvalue weighted by molar-refractivity contribution is -0.0857. The van der Waals surface area contributed by atoms with Gasteiger partial charge in [-0.05, 0) is 26.8 Å². The number of halogens is 1. The first kappa shape index (κ1) is 13.2. The zero-order valence-electron chi connectivity index (χ0n) is 9.20. The topological polar surface area (TPSA) is 46.6 Å². The van der Waals surface area contributed by atoms with Gasteiger partial charge in [-0.25, -0.2) is 8.42 Å². The van der Waals surface area contributed by atoms with E-state index in [1.54, 1.807) is 0 Å². The van der Waals surface area contributed by atoms with E-state index in [-0.39, 0.29) is 11.4 Å². The van der Waals surface area contributed by atoms with Crippen molar-refractivity contribution >= 4 is 19.7 Å². The van der Waals surface area contributed by atoms with Crippen LogP contribution in [0.2, 0.25) is 0 Å². The van der Waals surface area contributed by atoms with Gasteiger partial charge in [0.25, 0.3) is 0 Å². The smallest absolute Gasteiger partial charge is 0.232 e. The summed E-state index contributed by atoms with van der Waals surface area (Å²) >= 11 is 0. The Labute approximate surface area is 96.0 Å². The van der Waals surface area contributed by atoms with Gasteiger partial charge in [0, 0.05) is 23.8 Å². The van der Waals surface area contributed by atoms with Gasteiger partial charge in [0.2, 0.25) is 9.05 Å². The standard InChI is InChI=1S/C9H18ClNO3S/c1-9(2)8-11(5-6-14-9)4-3-7-15(10,12)13/h3-8H2,1-2H3. The lowest BCUT2D eigenvalue weighted by Gasteiger charge is -2.38. The second kappa shape index (κ2) is 4.99. The molecule has 0 bridgehead atoms. The molecule has 0 aliphatic carbocycles. The molecule has 1 rings (SSSR count). The van der Waals surface area contributed by atoms with Crippen molar-refractivity contribution in [3.8, 4) is 0 Å². The Morgan fingerprint density at radius 3 is 2.67 bits per heavy atom. The van der Waals surface area contributed by atoms with E-state index in [4.69, 9.17) is 15.4 Å². The first-order valence-corrected chi connectivity index (χ1v) is 7.55. The van der Waals surface area contributed by atoms with Gasteiger partial charge in [0.1, 0.15) is 0 Å². The summed E-state index contributed by atoms with van der Waals surface area (Å²) in [7, 11) is 1.80. The molecule has 0 amide bonds. The molecule has 1 aliphatic heterocycles. The third kappa shape index (κ3) is 5.70. The van der Waals surface area contributed by atoms with Gasteiger partial charge in [0.05, 0.1) is 18.0 Å². The summed E-state index contributed by atoms with van der Waals surface area (Å²) in [6.45, 7) is 7.26. The molecular formula is C9H18ClNO3S. The number of rotatable bonds is 4. The van der Waals surface area contributed by atoms with Crippen LogP contribution in [0.5, 0.6) is 0 Å². The minimum Gasteiger partial charge on any atom is -0.373 e. The van der Waals surface area contributed by atoms with Crippen LogP contribution in [0.1, 0.15) is 20.3 Å². The summed E-state index contributed by atoms with van der Waals surface area (Å²) in [5.74, 6) is 0.0480. The summed E-state index contributed by atoms with van der Waals surface area (Å²) in [5, 5.41) is 0. The van der Waals surface area contributed by atoms with Crippen LogP contribution in [0.3, 0.4) is 0 Å². The van der Waals surface area contributed by atoms with Crippen molar-refractivity contribution in [2.24, 2.45) is 0 Å². The van der Waals surface area contributed by atoms with Crippen LogP contribution in [-0.2, 0) is 13.8 Å². The average molecular weight is 256 g/mol. The van der Waals surface area contributed by atoms with Crippen molar-refractivity contribution in [1.29, 1.82) is 0 Å². The maximum Gasteiger partial charge on any atom is 0.232 e. The second-order valence-electron chi connectivity index (χ2n) is 4.48. The van der Waals surface area contributed by atoms with E-state index < -0.39 is 9.05 Å². The largest absolute Gasteiger partial charge is 0.373 e. The molecule has 15 heavy (non-hydrogen) atoms. The summed E-state index contributed by atoms with van der Waals surface area (Å²) in [6.07, 6.45) is 0.585. The van der Waals surface area contributed by atoms with Crippen LogP contribution in [0, 0.1) is 0 Å². The summed E-state index contributed by atoms with van der Waals surface area (Å²) in [4.78, 5) is 2.21. The number of nitrogens with zero attached hydrogens (tertiary/aromatic N) is 1. The van der Waals surface area contributed by atoms with Gasteiger partial charge in [-0.15, -0.1) is 0 Å². The molecule has 0 aromatic carbocycles. The van der Waals surface area contributed by atoms with Gasteiger partial charge in [0.15, 0.2) is 0 Å². The van der Waals surface area contributed by atoms with E-state index in [1.165, 1.54) is 0 Å². The zero-order valence-corrected chi connectivity index (χ0v) is 10.8. The highest BCUT2D eigenvalue weighted by Gasteiger charge is 2.26. The van der Waals surface area contributed by atoms with E-state index in [0.717, 1.165) is 19.6 Å². The van der Waals surface area contributed by atoms with Gasteiger partial charge in [-0.2, -0.15) is 0 Å². The summed E-state index contributed by atoms with van der Waals surface area (Å²) in [6, 6.07) is 0. The van der Waals surface area contributed by atoms with Crippen LogP contribution >= 0.6 is 10.7 Å². The Bertz CT molecular complexity index is 302. The van der Waals surface area contributed by atoms with E-state index in [2.05, 4.69) is 4.90 Å². The van der Waals surface area contributed by atoms with Gasteiger partial charge in [-0.1, -0.05) is 0 Å². The van der Waals surface area contributed by atoms with Gasteiger partial charge < -0.3 is 4.74 Å². The van der Waals surface area contributed by atoms with E-state index in [1.807, 2.05) is 13.8 Å². The highest BCUT2D eigenvalue weighted by molar-refractivity contribution is 8.13. The van der Waals surface area contributed by atoms with Crippen LogP contribution in [0.25, 0.3) is 0 Å². The monoisotopic (exact) mass is 255 g/mol. The molecule has 6 heteroatoms. The maximum atomic E-state index is 10.7. The molecule has 1 heterocycles. The molecule has 1 aliphatic rings. The van der Waals surface area contributed by atoms with Crippen LogP contribution in [0.15, 0.2) is 0 Å². The SMILES string of the molecule is CC1(C)CN(CCCS(=O)(=O)Cl)CCO1. The molecule has 0 atom stereocenters. The minimum atomic E-state index is -3.34. The maximum absolute atomic E-state index is 10.7. The van der Waals surface area contributed by atoms with E-state index >= 15 is 0 Å². The van der Waals surface area contributed by atoms with Crippen LogP contribution in [-0.4, -0.2) is 50.9 Å². The lowest BCUT2D eigenvalue weighted by Crippen LogP contribution is -2.48. The fourth-order valence-electron chi connectivity index (χ4n) is 1.77. The summed E-state index contributed by atoms with van der Waals surface area (Å²) in [5.41, 5.74) is -0.127. The first-order chi connectivity index (χ1) is 6.79. The fourth-order valence-corrected chi connectivity index (χ4v) is 2.57. The van der Waals surface area contributed by atoms with Gasteiger partial charge in [-0.3, -0.25) is 4.90 Å². The van der Waals surface area contributed by atoms with E-state index in [0.29, 0.717) is 13.0 Å². The molecule has 1 fully saturated rings. The molecule has 0 N–H and O–H groups in total. The Hall–Kier alpha value is 0.160. The minimum absolute atomic E-state index is 0.0480. The molecule has 0 unspecified atom stereocenters. The van der Waals surface area contributed by atoms with Gasteiger partial charge >= 0.3 is 0 Å². The normalized spacial score (nSPS) is 22.9. The predicted octanol–water partition coefficient (Wildman–Crippen LogP) is 1.06. The Morgan fingerprint density at radius 2 is 2.13 bits per heavy atom. The second-order valence-corrected chi connectivity index (χ2v) is 7.38. The number of hydrogen-bond donors (Lipinski definition) is 0. The van der Waals surface area contributed by atoms with Crippen molar-refractivity contribution in [3.63, 3.8) is 0 Å². The Balaban J connectivity index is 2.28. The van der Waals surface area contributed by atoms with Crippen molar-refractivity contribution in [1.82, 2.24) is 4.90 Å². The first-order valence-electron chi connectivity index (χ1n) is 5.07. The highest BCUT2D eigenvalue weighted by Crippen LogP contribution is 2.16. The quantitative estimate of drug-likeness (QED) is 0.705. The molecular weight excluding hydrogens is 238 g/mol. The van der Waals surface area contributed by atoms with Crippen LogP contribution in [0.4, 0.5) is 0 Å². The Kier molecular flexibility index (Phi) is 4.40. The third-order valence-electron chi connectivity index (χ3n) is 2.37. The zero-order chi connectivity index (χ0) is 11.5. The molecule has 0 aromatic rings. The van der Waals surface area contributed by atoms with Crippen molar-refractivity contribution < 1.29 is 13.2 Å². The van der Waals surface area contributed by atoms with Crippen molar-refractivity contribution in [2.75, 3.05) is 32.0 Å². The van der Waals surface area contributed by atoms with Crippen LogP contribution < -0.4 is 0 Å². The van der Waals surface area contributed by atoms with Crippen molar-refractivity contribution in [2.45, 2.75) is 25.9 Å². The van der Waals surface area contributed by atoms with E-state index in [9.17, 15) is 8.42 Å². The number of morpholine rings is 1. The molecule has 0 radical (unpaired) electrons. The molecule has 90 valence electrons. The fraction of sp³-hybridized carbons (Fsp3) is 1.00. The molecule has 4 nitrogen and oxygen atoms in total. The summed E-state index contributed by atoms with van der Waals surface area (Å²) < 4.78 is 27.0. The molecule has 0 saturated carbocycles. The predicted molar refractivity (Wildman–Crippen MR) is 60.7 cm³/mol. The average Bonchev–Trinajstić information content (AvgIpc) is 1.99. The lowest BCUT2D eigenvalue weighted by atomic mass is 10.1. The molecule has 0 aromatic heterocycles. The molecule has 0 spiro atoms. The Morgan fingerprint density at radius 1 is 1.47 bits per heavy atom. The van der Waals surface area contributed by atoms with Crippen molar-refractivity contribution in [3.05, 3.63) is 0 Å². The molecule has 1 saturated heterocycles. The number of hydrogen-bond acceptors (Lipinski definition) is 4. The number of ether oxygens (including phenoxy) is 1.